The highest BCUT2D eigenvalue weighted by Gasteiger charge is 2.37. The highest BCUT2D eigenvalue weighted by molar-refractivity contribution is 9.10. The van der Waals surface area contributed by atoms with Crippen molar-refractivity contribution < 1.29 is 9.90 Å². The zero-order chi connectivity index (χ0) is 13.9. The van der Waals surface area contributed by atoms with Gasteiger partial charge >= 0.3 is 5.97 Å². The summed E-state index contributed by atoms with van der Waals surface area (Å²) in [5, 5.41) is 9.43. The second kappa shape index (κ2) is 5.87. The predicted molar refractivity (Wildman–Crippen MR) is 77.8 cm³/mol. The second-order valence-electron chi connectivity index (χ2n) is 5.76. The van der Waals surface area contributed by atoms with Crippen LogP contribution in [0.25, 0.3) is 0 Å². The maximum absolute atomic E-state index is 11.5. The molecule has 1 unspecified atom stereocenters. The van der Waals surface area contributed by atoms with Crippen molar-refractivity contribution in [1.82, 2.24) is 0 Å². The van der Waals surface area contributed by atoms with E-state index in [2.05, 4.69) is 29.8 Å². The van der Waals surface area contributed by atoms with Crippen molar-refractivity contribution in [2.75, 3.05) is 0 Å². The van der Waals surface area contributed by atoms with Gasteiger partial charge < -0.3 is 5.11 Å². The molecule has 18 heavy (non-hydrogen) atoms. The van der Waals surface area contributed by atoms with E-state index in [-0.39, 0.29) is 5.92 Å². The van der Waals surface area contributed by atoms with Crippen molar-refractivity contribution in [3.63, 3.8) is 0 Å². The maximum atomic E-state index is 11.5. The Morgan fingerprint density at radius 1 is 1.28 bits per heavy atom. The van der Waals surface area contributed by atoms with Crippen molar-refractivity contribution in [1.29, 1.82) is 0 Å². The van der Waals surface area contributed by atoms with Gasteiger partial charge in [-0.3, -0.25) is 4.79 Å². The van der Waals surface area contributed by atoms with Crippen molar-refractivity contribution in [2.24, 2.45) is 11.3 Å². The van der Waals surface area contributed by atoms with Gasteiger partial charge in [-0.1, -0.05) is 41.9 Å². The molecule has 0 radical (unpaired) electrons. The van der Waals surface area contributed by atoms with E-state index in [1.807, 2.05) is 38.1 Å². The number of carbonyl (C=O) groups is 1. The van der Waals surface area contributed by atoms with E-state index in [1.165, 1.54) is 0 Å². The van der Waals surface area contributed by atoms with Crippen LogP contribution in [0.2, 0.25) is 0 Å². The van der Waals surface area contributed by atoms with Gasteiger partial charge in [-0.25, -0.2) is 0 Å². The number of rotatable bonds is 5. The fraction of sp³-hybridized carbons (Fsp3) is 0.533. The van der Waals surface area contributed by atoms with Crippen LogP contribution >= 0.6 is 15.9 Å². The van der Waals surface area contributed by atoms with Crippen LogP contribution in [-0.4, -0.2) is 11.1 Å². The second-order valence-corrected chi connectivity index (χ2v) is 6.68. The first-order chi connectivity index (χ1) is 8.25. The molecule has 0 aliphatic heterocycles. The fourth-order valence-corrected chi connectivity index (χ4v) is 2.43. The number of hydrogen-bond acceptors (Lipinski definition) is 1. The normalized spacial score (nSPS) is 13.7. The topological polar surface area (TPSA) is 37.3 Å². The summed E-state index contributed by atoms with van der Waals surface area (Å²) in [4.78, 5) is 11.5. The van der Waals surface area contributed by atoms with Gasteiger partial charge in [-0.05, 0) is 49.8 Å². The van der Waals surface area contributed by atoms with Crippen LogP contribution in [0.3, 0.4) is 0 Å². The lowest BCUT2D eigenvalue weighted by molar-refractivity contribution is -0.148. The van der Waals surface area contributed by atoms with Crippen LogP contribution in [0, 0.1) is 11.3 Å². The monoisotopic (exact) mass is 312 g/mol. The third-order valence-electron chi connectivity index (χ3n) is 3.40. The van der Waals surface area contributed by atoms with Gasteiger partial charge in [0, 0.05) is 4.47 Å². The Morgan fingerprint density at radius 2 is 1.78 bits per heavy atom. The summed E-state index contributed by atoms with van der Waals surface area (Å²) in [5.41, 5.74) is 0.345. The van der Waals surface area contributed by atoms with Crippen LogP contribution in [0.5, 0.6) is 0 Å². The van der Waals surface area contributed by atoms with Gasteiger partial charge in [-0.2, -0.15) is 0 Å². The number of carboxylic acids is 1. The molecule has 0 aliphatic carbocycles. The Bertz CT molecular complexity index is 407. The number of benzene rings is 1. The van der Waals surface area contributed by atoms with Crippen LogP contribution < -0.4 is 0 Å². The molecule has 2 nitrogen and oxygen atoms in total. The molecular formula is C15H21BrO2. The third kappa shape index (κ3) is 3.58. The average Bonchev–Trinajstić information content (AvgIpc) is 2.26. The first-order valence-electron chi connectivity index (χ1n) is 6.24. The molecule has 1 aromatic carbocycles. The van der Waals surface area contributed by atoms with E-state index in [0.29, 0.717) is 5.92 Å². The summed E-state index contributed by atoms with van der Waals surface area (Å²) < 4.78 is 1.02. The summed E-state index contributed by atoms with van der Waals surface area (Å²) in [5.74, 6) is -0.239. The lowest BCUT2D eigenvalue weighted by atomic mass is 9.71. The summed E-state index contributed by atoms with van der Waals surface area (Å²) in [7, 11) is 0. The Balaban J connectivity index is 3.13. The van der Waals surface area contributed by atoms with Crippen LogP contribution in [-0.2, 0) is 4.79 Å². The summed E-state index contributed by atoms with van der Waals surface area (Å²) in [6.07, 6.45) is 0.876. The minimum atomic E-state index is -0.752. The Kier molecular flexibility index (Phi) is 4.97. The van der Waals surface area contributed by atoms with Crippen molar-refractivity contribution >= 4 is 21.9 Å². The Morgan fingerprint density at radius 3 is 2.17 bits per heavy atom. The molecule has 0 fully saturated rings. The molecule has 0 amide bonds. The molecule has 100 valence electrons. The predicted octanol–water partition coefficient (Wildman–Crippen LogP) is 4.69. The van der Waals surface area contributed by atoms with E-state index in [9.17, 15) is 9.90 Å². The van der Waals surface area contributed by atoms with Crippen LogP contribution in [0.15, 0.2) is 28.7 Å². The molecule has 0 aromatic heterocycles. The molecule has 0 spiro atoms. The van der Waals surface area contributed by atoms with E-state index >= 15 is 0 Å². The highest BCUT2D eigenvalue weighted by atomic mass is 79.9. The third-order valence-corrected chi connectivity index (χ3v) is 3.93. The van der Waals surface area contributed by atoms with Gasteiger partial charge in [0.1, 0.15) is 0 Å². The molecule has 1 aromatic rings. The number of aliphatic carboxylic acids is 1. The molecular weight excluding hydrogens is 292 g/mol. The lowest BCUT2D eigenvalue weighted by Gasteiger charge is -2.32. The maximum Gasteiger partial charge on any atom is 0.309 e. The number of carboxylic acid groups (broad SMARTS) is 1. The van der Waals surface area contributed by atoms with Crippen LogP contribution in [0.1, 0.15) is 45.6 Å². The van der Waals surface area contributed by atoms with Gasteiger partial charge in [0.2, 0.25) is 0 Å². The first-order valence-corrected chi connectivity index (χ1v) is 7.03. The van der Waals surface area contributed by atoms with E-state index in [4.69, 9.17) is 0 Å². The molecule has 1 rings (SSSR count). The Labute approximate surface area is 118 Å². The quantitative estimate of drug-likeness (QED) is 0.856. The molecule has 0 saturated carbocycles. The van der Waals surface area contributed by atoms with Gasteiger partial charge in [-0.15, -0.1) is 0 Å². The summed E-state index contributed by atoms with van der Waals surface area (Å²) in [6.45, 7) is 7.88. The van der Waals surface area contributed by atoms with Gasteiger partial charge in [0.25, 0.3) is 0 Å². The summed E-state index contributed by atoms with van der Waals surface area (Å²) >= 11 is 3.41. The summed E-state index contributed by atoms with van der Waals surface area (Å²) in [6, 6.07) is 7.98. The van der Waals surface area contributed by atoms with E-state index in [0.717, 1.165) is 16.5 Å². The standard InChI is InChI=1S/C15H21BrO2/c1-10(2)9-13(15(3,4)14(17)18)11-5-7-12(16)8-6-11/h5-8,10,13H,9H2,1-4H3,(H,17,18). The molecule has 1 atom stereocenters. The molecule has 0 bridgehead atoms. The number of halogens is 1. The van der Waals surface area contributed by atoms with Crippen molar-refractivity contribution in [3.05, 3.63) is 34.3 Å². The molecule has 3 heteroatoms. The first kappa shape index (κ1) is 15.2. The van der Waals surface area contributed by atoms with E-state index in [1.54, 1.807) is 0 Å². The minimum Gasteiger partial charge on any atom is -0.481 e. The van der Waals surface area contributed by atoms with Crippen molar-refractivity contribution in [3.8, 4) is 0 Å². The lowest BCUT2D eigenvalue weighted by Crippen LogP contribution is -2.32. The molecule has 0 saturated heterocycles. The van der Waals surface area contributed by atoms with Gasteiger partial charge in [0.15, 0.2) is 0 Å². The van der Waals surface area contributed by atoms with E-state index < -0.39 is 11.4 Å². The molecule has 1 N–H and O–H groups in total. The average molecular weight is 313 g/mol. The smallest absolute Gasteiger partial charge is 0.309 e. The van der Waals surface area contributed by atoms with Crippen molar-refractivity contribution in [2.45, 2.75) is 40.0 Å². The zero-order valence-corrected chi connectivity index (χ0v) is 13.0. The molecule has 0 aliphatic rings. The Hall–Kier alpha value is -0.830. The SMILES string of the molecule is CC(C)CC(c1ccc(Br)cc1)C(C)(C)C(=O)O. The highest BCUT2D eigenvalue weighted by Crippen LogP contribution is 2.40. The van der Waals surface area contributed by atoms with Crippen LogP contribution in [0.4, 0.5) is 0 Å². The number of hydrogen-bond donors (Lipinski definition) is 1. The molecule has 0 heterocycles. The largest absolute Gasteiger partial charge is 0.481 e. The van der Waals surface area contributed by atoms with Gasteiger partial charge in [0.05, 0.1) is 5.41 Å². The zero-order valence-electron chi connectivity index (χ0n) is 11.4. The minimum absolute atomic E-state index is 0.0306. The fourth-order valence-electron chi connectivity index (χ4n) is 2.16.